The van der Waals surface area contributed by atoms with Gasteiger partial charge < -0.3 is 14.5 Å². The molecule has 0 radical (unpaired) electrons. The lowest BCUT2D eigenvalue weighted by Gasteiger charge is -2.19. The van der Waals surface area contributed by atoms with Gasteiger partial charge in [-0.1, -0.05) is 5.16 Å². The molecule has 0 saturated heterocycles. The second-order valence-corrected chi connectivity index (χ2v) is 4.10. The van der Waals surface area contributed by atoms with E-state index in [1.165, 1.54) is 4.90 Å². The van der Waals surface area contributed by atoms with E-state index in [-0.39, 0.29) is 25.3 Å². The van der Waals surface area contributed by atoms with Crippen LogP contribution in [0.1, 0.15) is 30.4 Å². The number of aryl methyl sites for hydroxylation is 2. The quantitative estimate of drug-likeness (QED) is 0.823. The summed E-state index contributed by atoms with van der Waals surface area (Å²) in [4.78, 5) is 24.1. The lowest BCUT2D eigenvalue weighted by molar-refractivity contribution is -0.138. The fourth-order valence-corrected chi connectivity index (χ4v) is 1.71. The summed E-state index contributed by atoms with van der Waals surface area (Å²) in [6.07, 6.45) is 0.163. The molecule has 0 saturated carbocycles. The Balaban J connectivity index is 2.65. The summed E-state index contributed by atoms with van der Waals surface area (Å²) in [5.41, 5.74) is 1.49. The standard InChI is InChI=1S/C12H18N2O4/c1-4-14(6-5-12(16)17)11(15)7-10-8(2)13-18-9(10)3/h4-7H2,1-3H3,(H,16,17). The van der Waals surface area contributed by atoms with Crippen molar-refractivity contribution in [2.24, 2.45) is 0 Å². The summed E-state index contributed by atoms with van der Waals surface area (Å²) >= 11 is 0. The molecule has 0 atom stereocenters. The van der Waals surface area contributed by atoms with Gasteiger partial charge in [-0.15, -0.1) is 0 Å². The highest BCUT2D eigenvalue weighted by Crippen LogP contribution is 2.14. The van der Waals surface area contributed by atoms with Gasteiger partial charge in [0.1, 0.15) is 5.76 Å². The predicted molar refractivity (Wildman–Crippen MR) is 64.2 cm³/mol. The Morgan fingerprint density at radius 1 is 1.39 bits per heavy atom. The molecule has 1 rings (SSSR count). The van der Waals surface area contributed by atoms with E-state index in [0.29, 0.717) is 18.0 Å². The molecular weight excluding hydrogens is 236 g/mol. The van der Waals surface area contributed by atoms with Gasteiger partial charge in [-0.2, -0.15) is 0 Å². The van der Waals surface area contributed by atoms with Gasteiger partial charge in [0.25, 0.3) is 0 Å². The van der Waals surface area contributed by atoms with E-state index in [1.807, 2.05) is 6.92 Å². The molecular formula is C12H18N2O4. The Labute approximate surface area is 106 Å². The van der Waals surface area contributed by atoms with Gasteiger partial charge >= 0.3 is 5.97 Å². The van der Waals surface area contributed by atoms with Gasteiger partial charge in [-0.05, 0) is 20.8 Å². The monoisotopic (exact) mass is 254 g/mol. The van der Waals surface area contributed by atoms with Crippen LogP contribution < -0.4 is 0 Å². The van der Waals surface area contributed by atoms with Crippen molar-refractivity contribution in [3.63, 3.8) is 0 Å². The molecule has 18 heavy (non-hydrogen) atoms. The molecule has 0 spiro atoms. The number of carboxylic acid groups (broad SMARTS) is 1. The maximum atomic E-state index is 12.0. The fraction of sp³-hybridized carbons (Fsp3) is 0.583. The number of amides is 1. The summed E-state index contributed by atoms with van der Waals surface area (Å²) in [7, 11) is 0. The average Bonchev–Trinajstić information content (AvgIpc) is 2.61. The molecule has 0 bridgehead atoms. The van der Waals surface area contributed by atoms with E-state index >= 15 is 0 Å². The molecule has 1 aromatic heterocycles. The molecule has 1 heterocycles. The van der Waals surface area contributed by atoms with Gasteiger partial charge in [0.15, 0.2) is 0 Å². The van der Waals surface area contributed by atoms with E-state index in [1.54, 1.807) is 13.8 Å². The largest absolute Gasteiger partial charge is 0.481 e. The van der Waals surface area contributed by atoms with Gasteiger partial charge in [-0.3, -0.25) is 9.59 Å². The minimum Gasteiger partial charge on any atom is -0.481 e. The smallest absolute Gasteiger partial charge is 0.305 e. The summed E-state index contributed by atoms with van der Waals surface area (Å²) in [5, 5.41) is 12.4. The topological polar surface area (TPSA) is 83.6 Å². The predicted octanol–water partition coefficient (Wildman–Crippen LogP) is 1.16. The van der Waals surface area contributed by atoms with Crippen molar-refractivity contribution in [3.8, 4) is 0 Å². The molecule has 0 aliphatic heterocycles. The summed E-state index contributed by atoms with van der Waals surface area (Å²) in [6, 6.07) is 0. The van der Waals surface area contributed by atoms with Crippen LogP contribution in [0.4, 0.5) is 0 Å². The number of hydrogen-bond donors (Lipinski definition) is 1. The van der Waals surface area contributed by atoms with E-state index < -0.39 is 5.97 Å². The first kappa shape index (κ1) is 14.2. The Morgan fingerprint density at radius 3 is 2.50 bits per heavy atom. The van der Waals surface area contributed by atoms with Gasteiger partial charge in [0, 0.05) is 18.7 Å². The minimum absolute atomic E-state index is 0.0405. The number of aromatic nitrogens is 1. The third kappa shape index (κ3) is 3.58. The van der Waals surface area contributed by atoms with Crippen molar-refractivity contribution in [1.29, 1.82) is 0 Å². The Bertz CT molecular complexity index is 420. The summed E-state index contributed by atoms with van der Waals surface area (Å²) in [5.74, 6) is -0.373. The number of aliphatic carboxylic acids is 1. The molecule has 6 heteroatoms. The third-order valence-electron chi connectivity index (χ3n) is 2.84. The zero-order chi connectivity index (χ0) is 13.7. The van der Waals surface area contributed by atoms with Crippen LogP contribution in [0.2, 0.25) is 0 Å². The zero-order valence-electron chi connectivity index (χ0n) is 10.9. The minimum atomic E-state index is -0.904. The molecule has 0 unspecified atom stereocenters. The van der Waals surface area contributed by atoms with Crippen LogP contribution in [-0.2, 0) is 16.0 Å². The lowest BCUT2D eigenvalue weighted by Crippen LogP contribution is -2.34. The molecule has 6 nitrogen and oxygen atoms in total. The summed E-state index contributed by atoms with van der Waals surface area (Å²) < 4.78 is 4.99. The average molecular weight is 254 g/mol. The molecule has 0 aliphatic rings. The Kier molecular flexibility index (Phi) is 4.88. The highest BCUT2D eigenvalue weighted by atomic mass is 16.5. The van der Waals surface area contributed by atoms with Gasteiger partial charge in [0.05, 0.1) is 18.5 Å². The van der Waals surface area contributed by atoms with Gasteiger partial charge in [-0.25, -0.2) is 0 Å². The molecule has 1 N–H and O–H groups in total. The van der Waals surface area contributed by atoms with Crippen molar-refractivity contribution in [1.82, 2.24) is 10.1 Å². The number of carboxylic acids is 1. The third-order valence-corrected chi connectivity index (χ3v) is 2.84. The first-order valence-corrected chi connectivity index (χ1v) is 5.87. The van der Waals surface area contributed by atoms with Crippen LogP contribution in [0.15, 0.2) is 4.52 Å². The molecule has 0 fully saturated rings. The molecule has 1 amide bonds. The van der Waals surface area contributed by atoms with Crippen LogP contribution in [0.3, 0.4) is 0 Å². The SMILES string of the molecule is CCN(CCC(=O)O)C(=O)Cc1c(C)noc1C. The van der Waals surface area contributed by atoms with Crippen LogP contribution >= 0.6 is 0 Å². The van der Waals surface area contributed by atoms with Crippen LogP contribution in [0.5, 0.6) is 0 Å². The normalized spacial score (nSPS) is 10.4. The van der Waals surface area contributed by atoms with Crippen LogP contribution in [0.25, 0.3) is 0 Å². The van der Waals surface area contributed by atoms with E-state index in [2.05, 4.69) is 5.16 Å². The fourth-order valence-electron chi connectivity index (χ4n) is 1.71. The number of rotatable bonds is 6. The molecule has 1 aromatic rings. The highest BCUT2D eigenvalue weighted by Gasteiger charge is 2.18. The molecule has 0 aliphatic carbocycles. The number of nitrogens with zero attached hydrogens (tertiary/aromatic N) is 2. The Hall–Kier alpha value is -1.85. The number of carbonyl (C=O) groups excluding carboxylic acids is 1. The van der Waals surface area contributed by atoms with Crippen molar-refractivity contribution >= 4 is 11.9 Å². The lowest BCUT2D eigenvalue weighted by atomic mass is 10.1. The van der Waals surface area contributed by atoms with Crippen molar-refractivity contribution in [3.05, 3.63) is 17.0 Å². The second kappa shape index (κ2) is 6.18. The van der Waals surface area contributed by atoms with Crippen LogP contribution in [-0.4, -0.2) is 40.1 Å². The maximum Gasteiger partial charge on any atom is 0.305 e. The van der Waals surface area contributed by atoms with Crippen molar-refractivity contribution < 1.29 is 19.2 Å². The number of likely N-dealkylation sites (N-methyl/N-ethyl adjacent to an activating group) is 1. The maximum absolute atomic E-state index is 12.0. The van der Waals surface area contributed by atoms with Crippen molar-refractivity contribution in [2.75, 3.05) is 13.1 Å². The first-order chi connectivity index (χ1) is 8.45. The van der Waals surface area contributed by atoms with E-state index in [9.17, 15) is 9.59 Å². The molecule has 0 aromatic carbocycles. The van der Waals surface area contributed by atoms with E-state index in [4.69, 9.17) is 9.63 Å². The Morgan fingerprint density at radius 2 is 2.06 bits per heavy atom. The van der Waals surface area contributed by atoms with Crippen LogP contribution in [0, 0.1) is 13.8 Å². The van der Waals surface area contributed by atoms with Crippen molar-refractivity contribution in [2.45, 2.75) is 33.6 Å². The van der Waals surface area contributed by atoms with E-state index in [0.717, 1.165) is 5.56 Å². The number of hydrogen-bond acceptors (Lipinski definition) is 4. The zero-order valence-corrected chi connectivity index (χ0v) is 10.9. The highest BCUT2D eigenvalue weighted by molar-refractivity contribution is 5.79. The molecule has 100 valence electrons. The summed E-state index contributed by atoms with van der Waals surface area (Å²) in [6.45, 7) is 6.10. The second-order valence-electron chi connectivity index (χ2n) is 4.10. The first-order valence-electron chi connectivity index (χ1n) is 5.87. The van der Waals surface area contributed by atoms with Gasteiger partial charge in [0.2, 0.25) is 5.91 Å². The number of carbonyl (C=O) groups is 2.